The van der Waals surface area contributed by atoms with Crippen molar-refractivity contribution in [2.45, 2.75) is 38.6 Å². The average Bonchev–Trinajstić information content (AvgIpc) is 2.41. The van der Waals surface area contributed by atoms with Gasteiger partial charge in [-0.2, -0.15) is 0 Å². The molecule has 1 aromatic rings. The highest BCUT2D eigenvalue weighted by Crippen LogP contribution is 2.33. The second-order valence-electron chi connectivity index (χ2n) is 5.41. The summed E-state index contributed by atoms with van der Waals surface area (Å²) in [6, 6.07) is 3.97. The summed E-state index contributed by atoms with van der Waals surface area (Å²) in [6.07, 6.45) is 3.72. The summed E-state index contributed by atoms with van der Waals surface area (Å²) in [5, 5.41) is 3.01. The standard InChI is InChI=1S/C15H21BrN2O2/c1-9-6-11(16)8-13(20-2)14(9)18-15(19)10-4-3-5-12(17)7-10/h6,8,10,12H,3-5,7,17H2,1-2H3,(H,18,19). The van der Waals surface area contributed by atoms with Crippen molar-refractivity contribution in [3.63, 3.8) is 0 Å². The fraction of sp³-hybridized carbons (Fsp3) is 0.533. The zero-order chi connectivity index (χ0) is 14.7. The van der Waals surface area contributed by atoms with Gasteiger partial charge in [0.25, 0.3) is 0 Å². The van der Waals surface area contributed by atoms with E-state index < -0.39 is 0 Å². The number of nitrogens with two attached hydrogens (primary N) is 1. The Bertz CT molecular complexity index is 505. The Morgan fingerprint density at radius 1 is 1.45 bits per heavy atom. The van der Waals surface area contributed by atoms with Crippen LogP contribution in [0.3, 0.4) is 0 Å². The van der Waals surface area contributed by atoms with Crippen LogP contribution in [0.4, 0.5) is 5.69 Å². The van der Waals surface area contributed by atoms with Gasteiger partial charge in [0.1, 0.15) is 5.75 Å². The van der Waals surface area contributed by atoms with Crippen molar-refractivity contribution in [3.05, 3.63) is 22.2 Å². The molecule has 0 aromatic heterocycles. The molecule has 5 heteroatoms. The van der Waals surface area contributed by atoms with Gasteiger partial charge >= 0.3 is 0 Å². The van der Waals surface area contributed by atoms with Crippen molar-refractivity contribution in [2.24, 2.45) is 11.7 Å². The van der Waals surface area contributed by atoms with E-state index in [-0.39, 0.29) is 17.9 Å². The lowest BCUT2D eigenvalue weighted by atomic mass is 9.85. The first-order valence-electron chi connectivity index (χ1n) is 6.92. The third-order valence-corrected chi connectivity index (χ3v) is 4.28. The molecule has 0 spiro atoms. The number of amides is 1. The topological polar surface area (TPSA) is 64.3 Å². The molecule has 0 heterocycles. The Balaban J connectivity index is 2.15. The van der Waals surface area contributed by atoms with Crippen LogP contribution in [0.1, 0.15) is 31.2 Å². The number of anilines is 1. The van der Waals surface area contributed by atoms with E-state index in [1.807, 2.05) is 19.1 Å². The summed E-state index contributed by atoms with van der Waals surface area (Å²) < 4.78 is 6.28. The lowest BCUT2D eigenvalue weighted by molar-refractivity contribution is -0.120. The second-order valence-corrected chi connectivity index (χ2v) is 6.33. The van der Waals surface area contributed by atoms with Crippen molar-refractivity contribution in [3.8, 4) is 5.75 Å². The quantitative estimate of drug-likeness (QED) is 0.887. The van der Waals surface area contributed by atoms with Gasteiger partial charge in [-0.25, -0.2) is 0 Å². The van der Waals surface area contributed by atoms with Crippen LogP contribution in [0.2, 0.25) is 0 Å². The fourth-order valence-corrected chi connectivity index (χ4v) is 3.28. The Labute approximate surface area is 128 Å². The number of ether oxygens (including phenoxy) is 1. The molecule has 0 aliphatic heterocycles. The number of aryl methyl sites for hydroxylation is 1. The van der Waals surface area contributed by atoms with Gasteiger partial charge in [-0.15, -0.1) is 0 Å². The third-order valence-electron chi connectivity index (χ3n) is 3.82. The van der Waals surface area contributed by atoms with E-state index >= 15 is 0 Å². The monoisotopic (exact) mass is 340 g/mol. The van der Waals surface area contributed by atoms with Crippen molar-refractivity contribution < 1.29 is 9.53 Å². The number of halogens is 1. The van der Waals surface area contributed by atoms with Gasteiger partial charge in [-0.3, -0.25) is 4.79 Å². The van der Waals surface area contributed by atoms with Crippen molar-refractivity contribution in [2.75, 3.05) is 12.4 Å². The fourth-order valence-electron chi connectivity index (χ4n) is 2.72. The lowest BCUT2D eigenvalue weighted by Crippen LogP contribution is -2.34. The maximum Gasteiger partial charge on any atom is 0.227 e. The Morgan fingerprint density at radius 2 is 2.20 bits per heavy atom. The van der Waals surface area contributed by atoms with Gasteiger partial charge in [-0.1, -0.05) is 22.4 Å². The molecule has 1 saturated carbocycles. The molecular weight excluding hydrogens is 320 g/mol. The second kappa shape index (κ2) is 6.59. The molecule has 4 nitrogen and oxygen atoms in total. The molecule has 2 unspecified atom stereocenters. The van der Waals surface area contributed by atoms with E-state index in [1.54, 1.807) is 7.11 Å². The van der Waals surface area contributed by atoms with Crippen LogP contribution in [-0.4, -0.2) is 19.1 Å². The van der Waals surface area contributed by atoms with Gasteiger partial charge in [0.05, 0.1) is 12.8 Å². The van der Waals surface area contributed by atoms with Crippen molar-refractivity contribution >= 4 is 27.5 Å². The van der Waals surface area contributed by atoms with Crippen LogP contribution in [0, 0.1) is 12.8 Å². The number of methoxy groups -OCH3 is 1. The minimum Gasteiger partial charge on any atom is -0.495 e. The molecule has 2 atom stereocenters. The zero-order valence-electron chi connectivity index (χ0n) is 11.9. The molecule has 0 radical (unpaired) electrons. The first-order valence-corrected chi connectivity index (χ1v) is 7.71. The maximum atomic E-state index is 12.4. The summed E-state index contributed by atoms with van der Waals surface area (Å²) in [6.45, 7) is 1.95. The van der Waals surface area contributed by atoms with E-state index in [2.05, 4.69) is 21.2 Å². The van der Waals surface area contributed by atoms with Crippen LogP contribution in [-0.2, 0) is 4.79 Å². The van der Waals surface area contributed by atoms with Crippen LogP contribution in [0.15, 0.2) is 16.6 Å². The predicted octanol–water partition coefficient (Wildman–Crippen LogP) is 3.22. The van der Waals surface area contributed by atoms with E-state index in [9.17, 15) is 4.79 Å². The smallest absolute Gasteiger partial charge is 0.227 e. The summed E-state index contributed by atoms with van der Waals surface area (Å²) in [7, 11) is 1.60. The van der Waals surface area contributed by atoms with Crippen LogP contribution in [0.5, 0.6) is 5.75 Å². The highest BCUT2D eigenvalue weighted by atomic mass is 79.9. The van der Waals surface area contributed by atoms with Gasteiger partial charge in [0, 0.05) is 16.4 Å². The Hall–Kier alpha value is -1.07. The number of hydrogen-bond donors (Lipinski definition) is 2. The number of rotatable bonds is 3. The summed E-state index contributed by atoms with van der Waals surface area (Å²) in [5.74, 6) is 0.723. The SMILES string of the molecule is COc1cc(Br)cc(C)c1NC(=O)C1CCCC(N)C1. The molecule has 1 amide bonds. The largest absolute Gasteiger partial charge is 0.495 e. The third kappa shape index (κ3) is 3.52. The predicted molar refractivity (Wildman–Crippen MR) is 84.0 cm³/mol. The maximum absolute atomic E-state index is 12.4. The summed E-state index contributed by atoms with van der Waals surface area (Å²) in [4.78, 5) is 12.4. The van der Waals surface area contributed by atoms with Crippen molar-refractivity contribution in [1.29, 1.82) is 0 Å². The molecule has 1 aliphatic rings. The lowest BCUT2D eigenvalue weighted by Gasteiger charge is -2.26. The summed E-state index contributed by atoms with van der Waals surface area (Å²) >= 11 is 3.43. The molecule has 1 aliphatic carbocycles. The summed E-state index contributed by atoms with van der Waals surface area (Å²) in [5.41, 5.74) is 7.68. The van der Waals surface area contributed by atoms with Crippen LogP contribution in [0.25, 0.3) is 0 Å². The normalized spacial score (nSPS) is 22.4. The highest BCUT2D eigenvalue weighted by Gasteiger charge is 2.26. The van der Waals surface area contributed by atoms with E-state index in [0.717, 1.165) is 41.4 Å². The molecule has 2 rings (SSSR count). The van der Waals surface area contributed by atoms with E-state index in [0.29, 0.717) is 5.75 Å². The van der Waals surface area contributed by atoms with Gasteiger partial charge < -0.3 is 15.8 Å². The zero-order valence-corrected chi connectivity index (χ0v) is 13.5. The molecular formula is C15H21BrN2O2. The van der Waals surface area contributed by atoms with Gasteiger partial charge in [-0.05, 0) is 43.9 Å². The molecule has 0 saturated heterocycles. The van der Waals surface area contributed by atoms with Crippen LogP contribution >= 0.6 is 15.9 Å². The van der Waals surface area contributed by atoms with Crippen molar-refractivity contribution in [1.82, 2.24) is 0 Å². The van der Waals surface area contributed by atoms with Gasteiger partial charge in [0.2, 0.25) is 5.91 Å². The number of carbonyl (C=O) groups excluding carboxylic acids is 1. The Kier molecular flexibility index (Phi) is 5.05. The minimum atomic E-state index is 0.00602. The van der Waals surface area contributed by atoms with Gasteiger partial charge in [0.15, 0.2) is 0 Å². The Morgan fingerprint density at radius 3 is 2.85 bits per heavy atom. The molecule has 110 valence electrons. The molecule has 3 N–H and O–H groups in total. The first kappa shape index (κ1) is 15.3. The number of carbonyl (C=O) groups is 1. The molecule has 20 heavy (non-hydrogen) atoms. The molecule has 0 bridgehead atoms. The first-order chi connectivity index (χ1) is 9.51. The van der Waals surface area contributed by atoms with E-state index in [1.165, 1.54) is 0 Å². The van der Waals surface area contributed by atoms with E-state index in [4.69, 9.17) is 10.5 Å². The number of hydrogen-bond acceptors (Lipinski definition) is 3. The highest BCUT2D eigenvalue weighted by molar-refractivity contribution is 9.10. The minimum absolute atomic E-state index is 0.00602. The molecule has 1 aromatic carbocycles. The number of nitrogens with one attached hydrogen (secondary N) is 1. The van der Waals surface area contributed by atoms with Crippen LogP contribution < -0.4 is 15.8 Å². The molecule has 1 fully saturated rings. The number of benzene rings is 1. The average molecular weight is 341 g/mol.